The molecule has 0 aliphatic heterocycles. The molecule has 6 nitrogen and oxygen atoms in total. The van der Waals surface area contributed by atoms with E-state index in [-0.39, 0.29) is 31.1 Å². The number of rotatable bonds is 48. The number of esters is 3. The zero-order chi connectivity index (χ0) is 44.0. The minimum Gasteiger partial charge on any atom is -0.462 e. The molecule has 0 aliphatic rings. The molecule has 0 aromatic heterocycles. The van der Waals surface area contributed by atoms with Crippen LogP contribution in [0, 0.1) is 11.8 Å². The van der Waals surface area contributed by atoms with Gasteiger partial charge in [-0.1, -0.05) is 259 Å². The van der Waals surface area contributed by atoms with Gasteiger partial charge >= 0.3 is 17.9 Å². The molecule has 0 saturated carbocycles. The molecule has 0 spiro atoms. The van der Waals surface area contributed by atoms with Crippen LogP contribution in [0.15, 0.2) is 0 Å². The molecule has 356 valence electrons. The fourth-order valence-corrected chi connectivity index (χ4v) is 8.17. The van der Waals surface area contributed by atoms with Crippen LogP contribution in [0.2, 0.25) is 0 Å². The topological polar surface area (TPSA) is 78.9 Å². The fraction of sp³-hybridized carbons (Fsp3) is 0.944. The van der Waals surface area contributed by atoms with Crippen LogP contribution in [0.1, 0.15) is 298 Å². The van der Waals surface area contributed by atoms with Crippen molar-refractivity contribution in [3.8, 4) is 0 Å². The number of hydrogen-bond acceptors (Lipinski definition) is 6. The number of ether oxygens (including phenoxy) is 3. The second-order valence-electron chi connectivity index (χ2n) is 19.5. The lowest BCUT2D eigenvalue weighted by molar-refractivity contribution is -0.167. The third kappa shape index (κ3) is 47.5. The van der Waals surface area contributed by atoms with Crippen molar-refractivity contribution < 1.29 is 28.6 Å². The van der Waals surface area contributed by atoms with E-state index in [4.69, 9.17) is 14.2 Å². The Hall–Kier alpha value is -1.59. The summed E-state index contributed by atoms with van der Waals surface area (Å²) in [5.74, 6) is 0.813. The highest BCUT2D eigenvalue weighted by atomic mass is 16.6. The molecule has 60 heavy (non-hydrogen) atoms. The van der Waals surface area contributed by atoms with Gasteiger partial charge in [-0.2, -0.15) is 0 Å². The molecule has 0 aliphatic carbocycles. The van der Waals surface area contributed by atoms with Crippen molar-refractivity contribution in [1.82, 2.24) is 0 Å². The lowest BCUT2D eigenvalue weighted by Crippen LogP contribution is -2.30. The van der Waals surface area contributed by atoms with Gasteiger partial charge in [-0.05, 0) is 31.1 Å². The summed E-state index contributed by atoms with van der Waals surface area (Å²) in [5, 5.41) is 0. The second kappa shape index (κ2) is 46.9. The molecule has 0 unspecified atom stereocenters. The monoisotopic (exact) mass is 849 g/mol. The van der Waals surface area contributed by atoms with Gasteiger partial charge in [0.15, 0.2) is 6.10 Å². The van der Waals surface area contributed by atoms with Crippen molar-refractivity contribution in [3.63, 3.8) is 0 Å². The van der Waals surface area contributed by atoms with Crippen LogP contribution < -0.4 is 0 Å². The van der Waals surface area contributed by atoms with Gasteiger partial charge in [0.25, 0.3) is 0 Å². The van der Waals surface area contributed by atoms with Crippen molar-refractivity contribution >= 4 is 17.9 Å². The van der Waals surface area contributed by atoms with E-state index in [9.17, 15) is 14.4 Å². The summed E-state index contributed by atoms with van der Waals surface area (Å²) in [6, 6.07) is 0. The zero-order valence-corrected chi connectivity index (χ0v) is 41.1. The van der Waals surface area contributed by atoms with E-state index >= 15 is 0 Å². The van der Waals surface area contributed by atoms with Crippen LogP contribution in [-0.4, -0.2) is 37.2 Å². The first-order chi connectivity index (χ1) is 29.2. The summed E-state index contributed by atoms with van der Waals surface area (Å²) in [5.41, 5.74) is 0. The Morgan fingerprint density at radius 3 is 0.817 bits per heavy atom. The van der Waals surface area contributed by atoms with Crippen molar-refractivity contribution in [1.29, 1.82) is 0 Å². The molecular formula is C54H104O6. The quantitative estimate of drug-likeness (QED) is 0.0345. The third-order valence-electron chi connectivity index (χ3n) is 12.2. The number of unbranched alkanes of at least 4 members (excludes halogenated alkanes) is 33. The van der Waals surface area contributed by atoms with Crippen molar-refractivity contribution in [2.24, 2.45) is 11.8 Å². The van der Waals surface area contributed by atoms with Gasteiger partial charge in [0.2, 0.25) is 0 Å². The highest BCUT2D eigenvalue weighted by Gasteiger charge is 2.19. The van der Waals surface area contributed by atoms with Gasteiger partial charge < -0.3 is 14.2 Å². The van der Waals surface area contributed by atoms with Gasteiger partial charge in [-0.25, -0.2) is 0 Å². The van der Waals surface area contributed by atoms with Crippen molar-refractivity contribution in [2.75, 3.05) is 13.2 Å². The maximum atomic E-state index is 12.8. The molecule has 0 rings (SSSR count). The average Bonchev–Trinajstić information content (AvgIpc) is 3.22. The lowest BCUT2D eigenvalue weighted by atomic mass is 10.0. The van der Waals surface area contributed by atoms with Crippen LogP contribution in [0.25, 0.3) is 0 Å². The van der Waals surface area contributed by atoms with Gasteiger partial charge in [0.1, 0.15) is 13.2 Å². The van der Waals surface area contributed by atoms with Crippen LogP contribution >= 0.6 is 0 Å². The molecule has 0 aromatic carbocycles. The Kier molecular flexibility index (Phi) is 45.7. The Morgan fingerprint density at radius 1 is 0.317 bits per heavy atom. The SMILES string of the molecule is CCCCCCCCCCCCCCCC(=O)OC[C@@H](COC(=O)CCCCCCCCCCCCCCC(C)C)OC(=O)CCCCCCCCCCCCCC(C)C. The number of carbonyl (C=O) groups is 3. The molecule has 0 heterocycles. The third-order valence-corrected chi connectivity index (χ3v) is 12.2. The van der Waals surface area contributed by atoms with Crippen molar-refractivity contribution in [2.45, 2.75) is 304 Å². The lowest BCUT2D eigenvalue weighted by Gasteiger charge is -2.18. The summed E-state index contributed by atoms with van der Waals surface area (Å²) in [6.07, 6.45) is 48.0. The summed E-state index contributed by atoms with van der Waals surface area (Å²) in [4.78, 5) is 38.0. The Labute approximate surface area is 374 Å². The molecule has 0 saturated heterocycles. The van der Waals surface area contributed by atoms with E-state index < -0.39 is 6.10 Å². The Balaban J connectivity index is 4.31. The molecule has 0 aromatic rings. The highest BCUT2D eigenvalue weighted by Crippen LogP contribution is 2.17. The van der Waals surface area contributed by atoms with Gasteiger partial charge in [-0.15, -0.1) is 0 Å². The number of hydrogen-bond donors (Lipinski definition) is 0. The van der Waals surface area contributed by atoms with Crippen LogP contribution in [-0.2, 0) is 28.6 Å². The first kappa shape index (κ1) is 58.4. The average molecular weight is 849 g/mol. The Morgan fingerprint density at radius 2 is 0.550 bits per heavy atom. The van der Waals surface area contributed by atoms with Crippen LogP contribution in [0.5, 0.6) is 0 Å². The molecule has 0 N–H and O–H groups in total. The van der Waals surface area contributed by atoms with E-state index in [0.29, 0.717) is 19.3 Å². The van der Waals surface area contributed by atoms with E-state index in [2.05, 4.69) is 34.6 Å². The van der Waals surface area contributed by atoms with Gasteiger partial charge in [-0.3, -0.25) is 14.4 Å². The maximum Gasteiger partial charge on any atom is 0.306 e. The first-order valence-electron chi connectivity index (χ1n) is 26.7. The van der Waals surface area contributed by atoms with E-state index in [1.807, 2.05) is 0 Å². The first-order valence-corrected chi connectivity index (χ1v) is 26.7. The maximum absolute atomic E-state index is 12.8. The standard InChI is InChI=1S/C54H104O6/c1-6-7-8-9-10-11-12-13-19-24-29-34-39-44-52(55)58-47-51(60-54(57)46-41-36-31-26-21-16-18-23-28-33-38-43-50(4)5)48-59-53(56)45-40-35-30-25-20-15-14-17-22-27-32-37-42-49(2)3/h49-51H,6-48H2,1-5H3/t51-/m0/s1. The van der Waals surface area contributed by atoms with Gasteiger partial charge in [0, 0.05) is 19.3 Å². The minimum absolute atomic E-state index is 0.0633. The largest absolute Gasteiger partial charge is 0.462 e. The molecule has 0 amide bonds. The molecule has 1 atom stereocenters. The predicted octanol–water partition coefficient (Wildman–Crippen LogP) is 17.3. The Bertz CT molecular complexity index is 916. The zero-order valence-electron chi connectivity index (χ0n) is 41.1. The normalized spacial score (nSPS) is 12.1. The molecule has 0 bridgehead atoms. The smallest absolute Gasteiger partial charge is 0.306 e. The fourth-order valence-electron chi connectivity index (χ4n) is 8.17. The van der Waals surface area contributed by atoms with E-state index in [0.717, 1.165) is 69.6 Å². The van der Waals surface area contributed by atoms with Crippen LogP contribution in [0.4, 0.5) is 0 Å². The summed E-state index contributed by atoms with van der Waals surface area (Å²) < 4.78 is 16.8. The molecule has 0 radical (unpaired) electrons. The second-order valence-corrected chi connectivity index (χ2v) is 19.5. The molecular weight excluding hydrogens is 745 g/mol. The van der Waals surface area contributed by atoms with Gasteiger partial charge in [0.05, 0.1) is 0 Å². The summed E-state index contributed by atoms with van der Waals surface area (Å²) in [7, 11) is 0. The summed E-state index contributed by atoms with van der Waals surface area (Å²) >= 11 is 0. The van der Waals surface area contributed by atoms with Crippen molar-refractivity contribution in [3.05, 3.63) is 0 Å². The highest BCUT2D eigenvalue weighted by molar-refractivity contribution is 5.71. The van der Waals surface area contributed by atoms with E-state index in [1.54, 1.807) is 0 Å². The molecule has 0 fully saturated rings. The molecule has 6 heteroatoms. The predicted molar refractivity (Wildman–Crippen MR) is 256 cm³/mol. The number of carbonyl (C=O) groups excluding carboxylic acids is 3. The minimum atomic E-state index is -0.762. The summed E-state index contributed by atoms with van der Waals surface area (Å²) in [6.45, 7) is 11.4. The van der Waals surface area contributed by atoms with E-state index in [1.165, 1.54) is 186 Å². The van der Waals surface area contributed by atoms with Crippen LogP contribution in [0.3, 0.4) is 0 Å².